The van der Waals surface area contributed by atoms with E-state index < -0.39 is 0 Å². The van der Waals surface area contributed by atoms with E-state index in [0.29, 0.717) is 0 Å². The van der Waals surface area contributed by atoms with Crippen LogP contribution in [0.1, 0.15) is 32.0 Å². The van der Waals surface area contributed by atoms with E-state index in [2.05, 4.69) is 90.9 Å². The molecule has 130 valence electrons. The van der Waals surface area contributed by atoms with Crippen LogP contribution in [0.25, 0.3) is 39.5 Å². The van der Waals surface area contributed by atoms with Gasteiger partial charge in [-0.1, -0.05) is 81.1 Å². The molecule has 0 aliphatic rings. The minimum atomic E-state index is 1.13. The average molecular weight is 339 g/mol. The van der Waals surface area contributed by atoms with Gasteiger partial charge in [-0.05, 0) is 42.0 Å². The molecule has 1 aromatic heterocycles. The van der Waals surface area contributed by atoms with Crippen molar-refractivity contribution in [3.05, 3.63) is 90.6 Å². The topological polar surface area (TPSA) is 4.93 Å². The van der Waals surface area contributed by atoms with Crippen molar-refractivity contribution in [1.82, 2.24) is 4.57 Å². The van der Waals surface area contributed by atoms with Gasteiger partial charge in [0, 0.05) is 16.6 Å². The zero-order chi connectivity index (χ0) is 18.5. The lowest BCUT2D eigenvalue weighted by molar-refractivity contribution is 1.11. The van der Waals surface area contributed by atoms with Crippen LogP contribution in [-0.2, 0) is 0 Å². The molecule has 0 unspecified atom stereocenters. The zero-order valence-electron chi connectivity index (χ0n) is 15.7. The van der Waals surface area contributed by atoms with Gasteiger partial charge in [-0.15, -0.1) is 0 Å². The molecule has 0 aliphatic carbocycles. The molecule has 0 radical (unpaired) electrons. The molecular weight excluding hydrogens is 314 g/mol. The van der Waals surface area contributed by atoms with Gasteiger partial charge in [0.05, 0.1) is 11.2 Å². The van der Waals surface area contributed by atoms with Crippen LogP contribution in [-0.4, -0.2) is 4.57 Å². The van der Waals surface area contributed by atoms with E-state index in [1.54, 1.807) is 0 Å². The fraction of sp³-hybridized carbons (Fsp3) is 0.120. The largest absolute Gasteiger partial charge is 0.309 e. The first-order valence-electron chi connectivity index (χ1n) is 9.22. The van der Waals surface area contributed by atoms with E-state index in [9.17, 15) is 0 Å². The fourth-order valence-corrected chi connectivity index (χ4v) is 3.50. The van der Waals surface area contributed by atoms with Gasteiger partial charge in [-0.3, -0.25) is 0 Å². The second-order valence-corrected chi connectivity index (χ2v) is 5.85. The number of benzene rings is 3. The van der Waals surface area contributed by atoms with E-state index in [-0.39, 0.29) is 0 Å². The number of hydrogen-bond donors (Lipinski definition) is 0. The molecule has 0 N–H and O–H groups in total. The summed E-state index contributed by atoms with van der Waals surface area (Å²) in [5, 5.41) is 3.82. The number of aromatic nitrogens is 1. The van der Waals surface area contributed by atoms with E-state index in [4.69, 9.17) is 0 Å². The maximum atomic E-state index is 4.08. The number of allylic oxidation sites excluding steroid dienone is 1. The van der Waals surface area contributed by atoms with Crippen molar-refractivity contribution in [3.8, 4) is 5.69 Å². The molecule has 4 rings (SSSR count). The molecule has 1 heterocycles. The summed E-state index contributed by atoms with van der Waals surface area (Å²) < 4.78 is 2.30. The Morgan fingerprint density at radius 2 is 1.54 bits per heavy atom. The Labute approximate surface area is 155 Å². The Kier molecular flexibility index (Phi) is 5.38. The Morgan fingerprint density at radius 3 is 2.23 bits per heavy atom. The van der Waals surface area contributed by atoms with Crippen LogP contribution in [0.4, 0.5) is 0 Å². The molecule has 0 aliphatic heterocycles. The molecule has 0 saturated heterocycles. The number of para-hydroxylation sites is 1. The van der Waals surface area contributed by atoms with Gasteiger partial charge in [0.15, 0.2) is 0 Å². The summed E-state index contributed by atoms with van der Waals surface area (Å²) in [7, 11) is 0. The van der Waals surface area contributed by atoms with Gasteiger partial charge >= 0.3 is 0 Å². The minimum Gasteiger partial charge on any atom is -0.309 e. The van der Waals surface area contributed by atoms with Gasteiger partial charge in [0.1, 0.15) is 0 Å². The van der Waals surface area contributed by atoms with Gasteiger partial charge in [-0.2, -0.15) is 0 Å². The van der Waals surface area contributed by atoms with Crippen molar-refractivity contribution in [3.63, 3.8) is 0 Å². The van der Waals surface area contributed by atoms with Crippen LogP contribution in [0.3, 0.4) is 0 Å². The zero-order valence-corrected chi connectivity index (χ0v) is 15.7. The van der Waals surface area contributed by atoms with Crippen LogP contribution in [0.2, 0.25) is 0 Å². The molecule has 4 aromatic rings. The maximum Gasteiger partial charge on any atom is 0.0547 e. The molecule has 3 aromatic carbocycles. The lowest BCUT2D eigenvalue weighted by Gasteiger charge is -2.09. The second kappa shape index (κ2) is 7.88. The predicted molar refractivity (Wildman–Crippen MR) is 117 cm³/mol. The third kappa shape index (κ3) is 2.86. The van der Waals surface area contributed by atoms with Crippen LogP contribution >= 0.6 is 0 Å². The first kappa shape index (κ1) is 17.8. The van der Waals surface area contributed by atoms with E-state index in [1.807, 2.05) is 26.0 Å². The Balaban J connectivity index is 0.000000948. The lowest BCUT2D eigenvalue weighted by atomic mass is 10.0. The van der Waals surface area contributed by atoms with Crippen molar-refractivity contribution in [1.29, 1.82) is 0 Å². The summed E-state index contributed by atoms with van der Waals surface area (Å²) in [6, 6.07) is 23.4. The third-order valence-electron chi connectivity index (χ3n) is 4.48. The van der Waals surface area contributed by atoms with Gasteiger partial charge in [0.25, 0.3) is 0 Å². The van der Waals surface area contributed by atoms with Crippen molar-refractivity contribution < 1.29 is 0 Å². The highest BCUT2D eigenvalue weighted by Gasteiger charge is 2.16. The number of hydrogen-bond acceptors (Lipinski definition) is 0. The maximum absolute atomic E-state index is 4.08. The number of nitrogens with zero attached hydrogens (tertiary/aromatic N) is 1. The molecule has 0 atom stereocenters. The first-order chi connectivity index (χ1) is 12.8. The van der Waals surface area contributed by atoms with Gasteiger partial charge in [-0.25, -0.2) is 0 Å². The summed E-state index contributed by atoms with van der Waals surface area (Å²) in [5.41, 5.74) is 4.72. The Morgan fingerprint density at radius 1 is 0.846 bits per heavy atom. The second-order valence-electron chi connectivity index (χ2n) is 5.85. The molecule has 0 bridgehead atoms. The van der Waals surface area contributed by atoms with E-state index >= 15 is 0 Å². The van der Waals surface area contributed by atoms with Crippen LogP contribution < -0.4 is 0 Å². The summed E-state index contributed by atoms with van der Waals surface area (Å²) >= 11 is 0. The summed E-state index contributed by atoms with van der Waals surface area (Å²) in [4.78, 5) is 0. The highest BCUT2D eigenvalue weighted by molar-refractivity contribution is 6.12. The molecule has 1 heteroatoms. The summed E-state index contributed by atoms with van der Waals surface area (Å²) in [6.07, 6.45) is 6.24. The van der Waals surface area contributed by atoms with Crippen molar-refractivity contribution >= 4 is 33.8 Å². The van der Waals surface area contributed by atoms with Gasteiger partial charge < -0.3 is 4.57 Å². The lowest BCUT2D eigenvalue weighted by Crippen LogP contribution is -1.96. The molecule has 0 saturated carbocycles. The smallest absolute Gasteiger partial charge is 0.0547 e. The minimum absolute atomic E-state index is 1.13. The predicted octanol–water partition coefficient (Wildman–Crippen LogP) is 7.49. The highest BCUT2D eigenvalue weighted by atomic mass is 15.0. The monoisotopic (exact) mass is 339 g/mol. The van der Waals surface area contributed by atoms with Gasteiger partial charge in [0.2, 0.25) is 0 Å². The molecule has 1 nitrogen and oxygen atoms in total. The average Bonchev–Trinajstić information content (AvgIpc) is 3.04. The van der Waals surface area contributed by atoms with E-state index in [1.165, 1.54) is 27.2 Å². The molecule has 0 fully saturated rings. The Hall–Kier alpha value is -3.06. The third-order valence-corrected chi connectivity index (χ3v) is 4.48. The summed E-state index contributed by atoms with van der Waals surface area (Å²) in [5.74, 6) is 0. The van der Waals surface area contributed by atoms with Crippen LogP contribution in [0.15, 0.2) is 79.4 Å². The fourth-order valence-electron chi connectivity index (χ4n) is 3.50. The van der Waals surface area contributed by atoms with Crippen LogP contribution in [0.5, 0.6) is 0 Å². The molecular formula is C25H25N. The molecule has 0 spiro atoms. The van der Waals surface area contributed by atoms with Crippen molar-refractivity contribution in [2.45, 2.75) is 20.8 Å². The molecule has 26 heavy (non-hydrogen) atoms. The standard InChI is InChI=1S/C23H19N.C2H6/c1-3-10-20-21(4-2)24(18-12-6-5-7-13-18)22-16-15-17-11-8-9-14-19(17)23(20)22;1-2/h3-16H,2H2,1H3;1-2H3/b10-3-;. The number of fused-ring (bicyclic) bond motifs is 3. The first-order valence-corrected chi connectivity index (χ1v) is 9.22. The number of rotatable bonds is 3. The van der Waals surface area contributed by atoms with Crippen LogP contribution in [0, 0.1) is 0 Å². The Bertz CT molecular complexity index is 1070. The summed E-state index contributed by atoms with van der Waals surface area (Å²) in [6.45, 7) is 10.1. The van der Waals surface area contributed by atoms with E-state index in [0.717, 1.165) is 11.4 Å². The molecule has 0 amide bonds. The van der Waals surface area contributed by atoms with Crippen molar-refractivity contribution in [2.75, 3.05) is 0 Å². The normalized spacial score (nSPS) is 10.9. The quantitative estimate of drug-likeness (QED) is 0.364. The highest BCUT2D eigenvalue weighted by Crippen LogP contribution is 2.36. The SMILES string of the molecule is C=Cc1c(/C=C\C)c2c3ccccc3ccc2n1-c1ccccc1.CC. The van der Waals surface area contributed by atoms with Crippen molar-refractivity contribution in [2.24, 2.45) is 0 Å².